The fourth-order valence-corrected chi connectivity index (χ4v) is 3.09. The van der Waals surface area contributed by atoms with E-state index < -0.39 is 0 Å². The summed E-state index contributed by atoms with van der Waals surface area (Å²) < 4.78 is 0. The Balaban J connectivity index is 1.94. The van der Waals surface area contributed by atoms with Crippen LogP contribution in [0.5, 0.6) is 0 Å². The van der Waals surface area contributed by atoms with Gasteiger partial charge in [-0.15, -0.1) is 0 Å². The van der Waals surface area contributed by atoms with Crippen LogP contribution in [0, 0.1) is 5.92 Å². The van der Waals surface area contributed by atoms with E-state index in [1.54, 1.807) is 0 Å². The quantitative estimate of drug-likeness (QED) is 0.857. The van der Waals surface area contributed by atoms with Crippen LogP contribution in [0.3, 0.4) is 0 Å². The van der Waals surface area contributed by atoms with Crippen molar-refractivity contribution in [3.05, 3.63) is 5.28 Å². The number of hydrogen-bond donors (Lipinski definition) is 2. The summed E-state index contributed by atoms with van der Waals surface area (Å²) in [5.74, 6) is 4.26. The van der Waals surface area contributed by atoms with Crippen molar-refractivity contribution in [3.8, 4) is 0 Å². The summed E-state index contributed by atoms with van der Waals surface area (Å²) in [5, 5.41) is 6.47. The predicted molar refractivity (Wildman–Crippen MR) is 72.9 cm³/mol. The van der Waals surface area contributed by atoms with Crippen molar-refractivity contribution in [3.63, 3.8) is 0 Å². The molecule has 0 spiro atoms. The van der Waals surface area contributed by atoms with E-state index in [1.807, 2.05) is 18.7 Å². The lowest BCUT2D eigenvalue weighted by atomic mass is 10.1. The van der Waals surface area contributed by atoms with Gasteiger partial charge < -0.3 is 10.6 Å². The molecule has 0 aromatic carbocycles. The lowest BCUT2D eigenvalue weighted by Gasteiger charge is -2.10. The van der Waals surface area contributed by atoms with Gasteiger partial charge in [-0.2, -0.15) is 26.7 Å². The van der Waals surface area contributed by atoms with Crippen molar-refractivity contribution in [1.29, 1.82) is 0 Å². The Hall–Kier alpha value is -0.750. The van der Waals surface area contributed by atoms with Crippen LogP contribution in [0.25, 0.3) is 0 Å². The first-order valence-corrected chi connectivity index (χ1v) is 7.28. The number of halogens is 1. The van der Waals surface area contributed by atoms with Crippen molar-refractivity contribution < 1.29 is 0 Å². The molecule has 2 N–H and O–H groups in total. The van der Waals surface area contributed by atoms with Gasteiger partial charge >= 0.3 is 0 Å². The zero-order chi connectivity index (χ0) is 12.1. The Bertz CT molecular complexity index is 370. The normalized spacial score (nSPS) is 19.3. The van der Waals surface area contributed by atoms with Crippen molar-refractivity contribution >= 4 is 35.3 Å². The monoisotopic (exact) mass is 273 g/mol. The number of nitrogens with one attached hydrogen (secondary N) is 2. The molecule has 0 amide bonds. The van der Waals surface area contributed by atoms with Gasteiger partial charge in [0.1, 0.15) is 0 Å². The molecule has 1 aromatic rings. The van der Waals surface area contributed by atoms with Gasteiger partial charge in [0.05, 0.1) is 0 Å². The SMILES string of the molecule is CCNc1nc(Cl)nc(NCC2CCSC2)n1. The molecule has 0 saturated carbocycles. The minimum atomic E-state index is 0.222. The average molecular weight is 274 g/mol. The second kappa shape index (κ2) is 6.26. The van der Waals surface area contributed by atoms with Gasteiger partial charge in [-0.05, 0) is 42.4 Å². The van der Waals surface area contributed by atoms with Gasteiger partial charge in [0.2, 0.25) is 17.2 Å². The summed E-state index contributed by atoms with van der Waals surface area (Å²) in [5.41, 5.74) is 0. The first kappa shape index (κ1) is 12.7. The van der Waals surface area contributed by atoms with E-state index in [1.165, 1.54) is 17.9 Å². The topological polar surface area (TPSA) is 62.7 Å². The summed E-state index contributed by atoms with van der Waals surface area (Å²) in [7, 11) is 0. The Morgan fingerprint density at radius 3 is 2.71 bits per heavy atom. The third-order valence-electron chi connectivity index (χ3n) is 2.52. The molecule has 1 aliphatic heterocycles. The highest BCUT2D eigenvalue weighted by molar-refractivity contribution is 7.99. The van der Waals surface area contributed by atoms with E-state index in [9.17, 15) is 0 Å². The smallest absolute Gasteiger partial charge is 0.228 e. The summed E-state index contributed by atoms with van der Waals surface area (Å²) >= 11 is 7.83. The van der Waals surface area contributed by atoms with Crippen molar-refractivity contribution in [2.24, 2.45) is 5.92 Å². The first-order chi connectivity index (χ1) is 8.28. The molecule has 0 aliphatic carbocycles. The minimum absolute atomic E-state index is 0.222. The van der Waals surface area contributed by atoms with Gasteiger partial charge in [0, 0.05) is 13.1 Å². The maximum absolute atomic E-state index is 5.83. The molecular formula is C10H16ClN5S. The second-order valence-electron chi connectivity index (χ2n) is 3.89. The van der Waals surface area contributed by atoms with E-state index >= 15 is 0 Å². The molecule has 0 radical (unpaired) electrons. The Morgan fingerprint density at radius 1 is 1.29 bits per heavy atom. The molecule has 2 rings (SSSR count). The Kier molecular flexibility index (Phi) is 4.67. The summed E-state index contributed by atoms with van der Waals surface area (Å²) in [6, 6.07) is 0. The number of nitrogens with zero attached hydrogens (tertiary/aromatic N) is 3. The number of rotatable bonds is 5. The zero-order valence-corrected chi connectivity index (χ0v) is 11.3. The first-order valence-electron chi connectivity index (χ1n) is 5.75. The van der Waals surface area contributed by atoms with Gasteiger partial charge in [0.15, 0.2) is 0 Å². The fourth-order valence-electron chi connectivity index (χ4n) is 1.65. The largest absolute Gasteiger partial charge is 0.354 e. The van der Waals surface area contributed by atoms with E-state index in [4.69, 9.17) is 11.6 Å². The standard InChI is InChI=1S/C10H16ClN5S/c1-2-12-9-14-8(11)15-10(16-9)13-5-7-3-4-17-6-7/h7H,2-6H2,1H3,(H2,12,13,14,15,16). The van der Waals surface area contributed by atoms with E-state index in [0.29, 0.717) is 17.8 Å². The maximum Gasteiger partial charge on any atom is 0.228 e. The zero-order valence-electron chi connectivity index (χ0n) is 9.74. The molecule has 1 fully saturated rings. The molecule has 1 aliphatic rings. The summed E-state index contributed by atoms with van der Waals surface area (Å²) in [6.07, 6.45) is 1.26. The third-order valence-corrected chi connectivity index (χ3v) is 3.92. The number of hydrogen-bond acceptors (Lipinski definition) is 6. The van der Waals surface area contributed by atoms with Gasteiger partial charge in [-0.3, -0.25) is 0 Å². The summed E-state index contributed by atoms with van der Waals surface area (Å²) in [4.78, 5) is 12.3. The number of thioether (sulfide) groups is 1. The number of aromatic nitrogens is 3. The average Bonchev–Trinajstić information content (AvgIpc) is 2.79. The predicted octanol–water partition coefficient (Wildman–Crippen LogP) is 2.12. The Morgan fingerprint density at radius 2 is 2.06 bits per heavy atom. The summed E-state index contributed by atoms with van der Waals surface area (Å²) in [6.45, 7) is 3.65. The Labute approximate surface area is 110 Å². The van der Waals surface area contributed by atoms with Crippen LogP contribution in [-0.4, -0.2) is 39.5 Å². The highest BCUT2D eigenvalue weighted by atomic mass is 35.5. The molecule has 0 bridgehead atoms. The molecule has 7 heteroatoms. The molecule has 94 valence electrons. The van der Waals surface area contributed by atoms with Gasteiger partial charge in [-0.25, -0.2) is 0 Å². The molecule has 1 aromatic heterocycles. The molecule has 1 saturated heterocycles. The number of anilines is 2. The van der Waals surface area contributed by atoms with Crippen LogP contribution < -0.4 is 10.6 Å². The van der Waals surface area contributed by atoms with Crippen molar-refractivity contribution in [2.45, 2.75) is 13.3 Å². The molecule has 5 nitrogen and oxygen atoms in total. The van der Waals surface area contributed by atoms with Crippen LogP contribution in [-0.2, 0) is 0 Å². The maximum atomic E-state index is 5.83. The minimum Gasteiger partial charge on any atom is -0.354 e. The van der Waals surface area contributed by atoms with Gasteiger partial charge in [-0.1, -0.05) is 0 Å². The molecular weight excluding hydrogens is 258 g/mol. The highest BCUT2D eigenvalue weighted by Gasteiger charge is 2.15. The third kappa shape index (κ3) is 3.89. The molecule has 17 heavy (non-hydrogen) atoms. The van der Waals surface area contributed by atoms with Crippen LogP contribution in [0.15, 0.2) is 0 Å². The highest BCUT2D eigenvalue weighted by Crippen LogP contribution is 2.23. The molecule has 2 heterocycles. The fraction of sp³-hybridized carbons (Fsp3) is 0.700. The lowest BCUT2D eigenvalue weighted by molar-refractivity contribution is 0.628. The molecule has 1 unspecified atom stereocenters. The lowest BCUT2D eigenvalue weighted by Crippen LogP contribution is -2.16. The van der Waals surface area contributed by atoms with Crippen molar-refractivity contribution in [1.82, 2.24) is 15.0 Å². The van der Waals surface area contributed by atoms with Crippen LogP contribution in [0.2, 0.25) is 5.28 Å². The van der Waals surface area contributed by atoms with Crippen LogP contribution in [0.4, 0.5) is 11.9 Å². The van der Waals surface area contributed by atoms with Crippen LogP contribution >= 0.6 is 23.4 Å². The second-order valence-corrected chi connectivity index (χ2v) is 5.38. The van der Waals surface area contributed by atoms with Crippen LogP contribution in [0.1, 0.15) is 13.3 Å². The molecule has 1 atom stereocenters. The van der Waals surface area contributed by atoms with E-state index in [2.05, 4.69) is 25.6 Å². The van der Waals surface area contributed by atoms with E-state index in [0.717, 1.165) is 13.1 Å². The van der Waals surface area contributed by atoms with E-state index in [-0.39, 0.29) is 5.28 Å². The van der Waals surface area contributed by atoms with Crippen molar-refractivity contribution in [2.75, 3.05) is 35.2 Å². The van der Waals surface area contributed by atoms with Gasteiger partial charge in [0.25, 0.3) is 0 Å².